The smallest absolute Gasteiger partial charge is 0.251 e. The van der Waals surface area contributed by atoms with Crippen LogP contribution >= 0.6 is 0 Å². The predicted octanol–water partition coefficient (Wildman–Crippen LogP) is 3.81. The number of carbonyl (C=O) groups excluding carboxylic acids is 1. The summed E-state index contributed by atoms with van der Waals surface area (Å²) in [4.78, 5) is 28.2. The number of nitrogens with zero attached hydrogens (tertiary/aromatic N) is 4. The maximum atomic E-state index is 14.6. The van der Waals surface area contributed by atoms with E-state index in [1.165, 1.54) is 6.07 Å². The number of pyridine rings is 3. The Morgan fingerprint density at radius 3 is 2.95 bits per heavy atom. The summed E-state index contributed by atoms with van der Waals surface area (Å²) in [5, 5.41) is 3.49. The summed E-state index contributed by atoms with van der Waals surface area (Å²) in [6, 6.07) is 11.4. The van der Waals surface area contributed by atoms with Gasteiger partial charge >= 0.3 is 0 Å². The Balaban J connectivity index is 1.22. The highest BCUT2D eigenvalue weighted by Crippen LogP contribution is 2.35. The monoisotopic (exact) mass is 537 g/mol. The number of carbonyl (C=O) groups is 1. The van der Waals surface area contributed by atoms with E-state index in [0.29, 0.717) is 41.7 Å². The molecule has 5 heterocycles. The zero-order valence-corrected chi connectivity index (χ0v) is 20.7. The van der Waals surface area contributed by atoms with E-state index in [-0.39, 0.29) is 35.8 Å². The molecular formula is C26H21F2N5O4S. The van der Waals surface area contributed by atoms with Crippen molar-refractivity contribution < 1.29 is 27.3 Å². The molecule has 0 fully saturated rings. The summed E-state index contributed by atoms with van der Waals surface area (Å²) in [6.07, 6.45) is 3.23. The van der Waals surface area contributed by atoms with Crippen molar-refractivity contribution in [1.29, 1.82) is 0 Å². The van der Waals surface area contributed by atoms with Crippen molar-refractivity contribution in [2.75, 3.05) is 24.7 Å². The first-order valence-corrected chi connectivity index (χ1v) is 13.1. The lowest BCUT2D eigenvalue weighted by molar-refractivity contribution is 0.0949. The lowest BCUT2D eigenvalue weighted by Gasteiger charge is -2.29. The van der Waals surface area contributed by atoms with E-state index in [4.69, 9.17) is 14.5 Å². The van der Waals surface area contributed by atoms with Crippen LogP contribution in [0.4, 0.5) is 20.4 Å². The van der Waals surface area contributed by atoms with Crippen molar-refractivity contribution in [3.8, 4) is 11.5 Å². The lowest BCUT2D eigenvalue weighted by atomic mass is 10.2. The van der Waals surface area contributed by atoms with Crippen LogP contribution in [0.1, 0.15) is 22.5 Å². The minimum absolute atomic E-state index is 0.0344. The third-order valence-electron chi connectivity index (χ3n) is 6.21. The Bertz CT molecular complexity index is 1590. The third-order valence-corrected chi connectivity index (χ3v) is 7.65. The molecule has 0 spiro atoms. The van der Waals surface area contributed by atoms with Crippen LogP contribution in [-0.4, -0.2) is 50.3 Å². The van der Waals surface area contributed by atoms with Gasteiger partial charge in [-0.05, 0) is 42.5 Å². The molecule has 1 amide bonds. The standard InChI is InChI=1S/C26H21F2N5O4S/c27-18-10-16(11-21-24(18)37-8-5-22(28)38(21)35)26(34)31-14-17-12-19-15(13-30-17)3-4-23(32-19)33-7-9-36-20-2-1-6-29-25(20)33/h1-4,6,10-13,22H,5,7-9,14H2,(H,31,34). The molecule has 0 aliphatic carbocycles. The Hall–Kier alpha value is -4.19. The zero-order valence-electron chi connectivity index (χ0n) is 19.9. The Kier molecular flexibility index (Phi) is 6.32. The molecule has 4 aromatic rings. The minimum Gasteiger partial charge on any atom is -0.489 e. The first-order chi connectivity index (χ1) is 18.5. The van der Waals surface area contributed by atoms with Crippen LogP contribution in [0.3, 0.4) is 0 Å². The fraction of sp³-hybridized carbons (Fsp3) is 0.231. The molecule has 0 radical (unpaired) electrons. The number of nitrogens with one attached hydrogen (secondary N) is 1. The second kappa shape index (κ2) is 9.93. The number of ether oxygens (including phenoxy) is 2. The van der Waals surface area contributed by atoms with E-state index < -0.39 is 28.0 Å². The van der Waals surface area contributed by atoms with Crippen LogP contribution < -0.4 is 19.7 Å². The summed E-state index contributed by atoms with van der Waals surface area (Å²) < 4.78 is 52.0. The number of fused-ring (bicyclic) bond motifs is 3. The van der Waals surface area contributed by atoms with Gasteiger partial charge in [0.05, 0.1) is 46.6 Å². The predicted molar refractivity (Wildman–Crippen MR) is 135 cm³/mol. The Morgan fingerprint density at radius 2 is 2.05 bits per heavy atom. The number of benzene rings is 1. The molecule has 0 bridgehead atoms. The molecule has 0 saturated heterocycles. The first kappa shape index (κ1) is 24.2. The van der Waals surface area contributed by atoms with Crippen LogP contribution in [0.15, 0.2) is 59.8 Å². The van der Waals surface area contributed by atoms with E-state index in [2.05, 4.69) is 15.3 Å². The molecule has 9 nitrogen and oxygen atoms in total. The molecule has 1 N–H and O–H groups in total. The van der Waals surface area contributed by atoms with Crippen LogP contribution in [0.5, 0.6) is 11.5 Å². The van der Waals surface area contributed by atoms with Crippen molar-refractivity contribution in [3.05, 3.63) is 71.9 Å². The van der Waals surface area contributed by atoms with E-state index in [1.807, 2.05) is 29.2 Å². The average molecular weight is 538 g/mol. The quantitative estimate of drug-likeness (QED) is 0.419. The van der Waals surface area contributed by atoms with Gasteiger partial charge in [-0.1, -0.05) is 0 Å². The topological polar surface area (TPSA) is 107 Å². The molecule has 2 unspecified atom stereocenters. The highest BCUT2D eigenvalue weighted by Gasteiger charge is 2.29. The van der Waals surface area contributed by atoms with E-state index in [1.54, 1.807) is 18.5 Å². The summed E-state index contributed by atoms with van der Waals surface area (Å²) >= 11 is 0. The molecule has 1 aromatic carbocycles. The number of rotatable bonds is 4. The molecule has 12 heteroatoms. The van der Waals surface area contributed by atoms with Crippen LogP contribution in [0, 0.1) is 5.82 Å². The van der Waals surface area contributed by atoms with E-state index >= 15 is 0 Å². The molecule has 2 atom stereocenters. The Labute approximate surface area is 218 Å². The van der Waals surface area contributed by atoms with Gasteiger partial charge < -0.3 is 19.7 Å². The zero-order chi connectivity index (χ0) is 26.2. The van der Waals surface area contributed by atoms with Crippen molar-refractivity contribution in [2.24, 2.45) is 0 Å². The number of amides is 1. The van der Waals surface area contributed by atoms with Gasteiger partial charge in [0, 0.05) is 29.8 Å². The summed E-state index contributed by atoms with van der Waals surface area (Å²) in [7, 11) is -2.14. The number of halogens is 2. The number of alkyl halides is 1. The largest absolute Gasteiger partial charge is 0.489 e. The van der Waals surface area contributed by atoms with Crippen molar-refractivity contribution in [1.82, 2.24) is 20.3 Å². The van der Waals surface area contributed by atoms with Gasteiger partial charge in [-0.15, -0.1) is 0 Å². The fourth-order valence-electron chi connectivity index (χ4n) is 4.33. The highest BCUT2D eigenvalue weighted by molar-refractivity contribution is 7.85. The first-order valence-electron chi connectivity index (χ1n) is 11.9. The molecule has 6 rings (SSSR count). The van der Waals surface area contributed by atoms with Crippen molar-refractivity contribution in [3.63, 3.8) is 0 Å². The van der Waals surface area contributed by atoms with Gasteiger partial charge in [0.15, 0.2) is 28.6 Å². The average Bonchev–Trinajstić information content (AvgIpc) is 3.09. The number of aromatic nitrogens is 3. The summed E-state index contributed by atoms with van der Waals surface area (Å²) in [6.45, 7) is 1.03. The van der Waals surface area contributed by atoms with E-state index in [9.17, 15) is 17.8 Å². The van der Waals surface area contributed by atoms with Gasteiger partial charge in [0.25, 0.3) is 5.91 Å². The van der Waals surface area contributed by atoms with Gasteiger partial charge in [0.1, 0.15) is 12.4 Å². The highest BCUT2D eigenvalue weighted by atomic mass is 32.2. The van der Waals surface area contributed by atoms with Gasteiger partial charge in [-0.2, -0.15) is 0 Å². The van der Waals surface area contributed by atoms with E-state index in [0.717, 1.165) is 11.5 Å². The second-order valence-electron chi connectivity index (χ2n) is 8.68. The Morgan fingerprint density at radius 1 is 1.16 bits per heavy atom. The van der Waals surface area contributed by atoms with Crippen molar-refractivity contribution in [2.45, 2.75) is 23.4 Å². The number of hydrogen-bond acceptors (Lipinski definition) is 8. The lowest BCUT2D eigenvalue weighted by Crippen LogP contribution is -2.30. The van der Waals surface area contributed by atoms with Crippen LogP contribution in [0.25, 0.3) is 10.9 Å². The molecule has 3 aromatic heterocycles. The van der Waals surface area contributed by atoms with Gasteiger partial charge in [-0.25, -0.2) is 18.7 Å². The second-order valence-corrected chi connectivity index (χ2v) is 10.2. The van der Waals surface area contributed by atoms with Crippen LogP contribution in [0.2, 0.25) is 0 Å². The maximum absolute atomic E-state index is 14.6. The summed E-state index contributed by atoms with van der Waals surface area (Å²) in [5.74, 6) is 0.300. The van der Waals surface area contributed by atoms with Gasteiger partial charge in [-0.3, -0.25) is 14.0 Å². The maximum Gasteiger partial charge on any atom is 0.251 e. The van der Waals surface area contributed by atoms with Crippen LogP contribution in [-0.2, 0) is 17.3 Å². The van der Waals surface area contributed by atoms with Gasteiger partial charge in [0.2, 0.25) is 0 Å². The molecule has 194 valence electrons. The minimum atomic E-state index is -2.14. The third kappa shape index (κ3) is 4.51. The molecule has 2 aliphatic heterocycles. The molecule has 38 heavy (non-hydrogen) atoms. The molecule has 2 aliphatic rings. The fourth-order valence-corrected chi connectivity index (χ4v) is 5.50. The van der Waals surface area contributed by atoms with Crippen molar-refractivity contribution >= 4 is 39.2 Å². The normalized spacial score (nSPS) is 18.5. The SMILES string of the molecule is O=C(NCc1cc2nc(N3CCOc4cccnc43)ccc2cn1)c1cc(F)c2c(c1)S(=O)C(F)CCO2. The number of anilines is 2. The number of hydrogen-bond donors (Lipinski definition) is 1. The summed E-state index contributed by atoms with van der Waals surface area (Å²) in [5.41, 5.74) is -0.591. The molecule has 0 saturated carbocycles. The molecular weight excluding hydrogens is 516 g/mol.